The molecule has 0 unspecified atom stereocenters. The molecule has 0 N–H and O–H groups in total. The number of esters is 1. The molecule has 2 amide bonds. The quantitative estimate of drug-likeness (QED) is 0.450. The van der Waals surface area contributed by atoms with Crippen LogP contribution >= 0.6 is 0 Å². The van der Waals surface area contributed by atoms with Gasteiger partial charge in [-0.25, -0.2) is 14.8 Å². The van der Waals surface area contributed by atoms with Crippen LogP contribution < -0.4 is 9.96 Å². The minimum Gasteiger partial charge on any atom is -0.467 e. The molecule has 3 heterocycles. The zero-order valence-electron chi connectivity index (χ0n) is 17.2. The molecule has 0 spiro atoms. The van der Waals surface area contributed by atoms with Crippen molar-refractivity contribution in [3.63, 3.8) is 0 Å². The Balaban J connectivity index is 1.48. The van der Waals surface area contributed by atoms with Gasteiger partial charge in [-0.2, -0.15) is 0 Å². The highest BCUT2D eigenvalue weighted by atomic mass is 16.7. The first-order chi connectivity index (χ1) is 15.6. The van der Waals surface area contributed by atoms with Gasteiger partial charge in [-0.1, -0.05) is 18.2 Å². The van der Waals surface area contributed by atoms with Crippen LogP contribution in [0.15, 0.2) is 77.4 Å². The Morgan fingerprint density at radius 3 is 2.34 bits per heavy atom. The zero-order chi connectivity index (χ0) is 22.2. The Morgan fingerprint density at radius 2 is 1.69 bits per heavy atom. The molecule has 8 heteroatoms. The molecule has 2 saturated heterocycles. The third-order valence-electron chi connectivity index (χ3n) is 5.60. The summed E-state index contributed by atoms with van der Waals surface area (Å²) in [6, 6.07) is 18.3. The van der Waals surface area contributed by atoms with E-state index in [1.807, 2.05) is 30.3 Å². The van der Waals surface area contributed by atoms with Crippen molar-refractivity contribution < 1.29 is 28.4 Å². The lowest BCUT2D eigenvalue weighted by Gasteiger charge is -2.27. The number of fused-ring (bicyclic) bond motifs is 1. The molecule has 2 aliphatic rings. The van der Waals surface area contributed by atoms with Gasteiger partial charge in [0.1, 0.15) is 17.7 Å². The molecule has 162 valence electrons. The summed E-state index contributed by atoms with van der Waals surface area (Å²) in [4.78, 5) is 45.8. The van der Waals surface area contributed by atoms with Gasteiger partial charge >= 0.3 is 5.97 Å². The molecule has 1 aromatic heterocycles. The van der Waals surface area contributed by atoms with Gasteiger partial charge < -0.3 is 9.15 Å². The smallest absolute Gasteiger partial charge is 0.338 e. The van der Waals surface area contributed by atoms with E-state index in [1.165, 1.54) is 18.4 Å². The fourth-order valence-corrected chi connectivity index (χ4v) is 4.18. The Kier molecular flexibility index (Phi) is 4.99. The Labute approximate surface area is 183 Å². The molecule has 2 aliphatic heterocycles. The number of anilines is 2. The molecule has 3 atom stereocenters. The predicted molar refractivity (Wildman–Crippen MR) is 114 cm³/mol. The summed E-state index contributed by atoms with van der Waals surface area (Å²) in [5, 5.41) is 1.57. The number of carbonyl (C=O) groups excluding carboxylic acids is 3. The lowest BCUT2D eigenvalue weighted by molar-refractivity contribution is -0.126. The van der Waals surface area contributed by atoms with Gasteiger partial charge in [-0.05, 0) is 55.5 Å². The van der Waals surface area contributed by atoms with Crippen LogP contribution in [0.3, 0.4) is 0 Å². The van der Waals surface area contributed by atoms with Gasteiger partial charge in [0.15, 0.2) is 6.10 Å². The fraction of sp³-hybridized carbons (Fsp3) is 0.208. The highest BCUT2D eigenvalue weighted by Crippen LogP contribution is 2.47. The van der Waals surface area contributed by atoms with Crippen molar-refractivity contribution >= 4 is 29.2 Å². The molecule has 2 aromatic carbocycles. The molecule has 0 saturated carbocycles. The lowest BCUT2D eigenvalue weighted by Crippen LogP contribution is -2.37. The van der Waals surface area contributed by atoms with E-state index in [0.29, 0.717) is 22.7 Å². The molecule has 0 bridgehead atoms. The third-order valence-corrected chi connectivity index (χ3v) is 5.60. The number of benzene rings is 2. The summed E-state index contributed by atoms with van der Waals surface area (Å²) in [6.07, 6.45) is 0.543. The second-order valence-corrected chi connectivity index (χ2v) is 7.45. The molecule has 0 aliphatic carbocycles. The number of rotatable bonds is 5. The minimum atomic E-state index is -0.984. The van der Waals surface area contributed by atoms with Crippen LogP contribution in [0.5, 0.6) is 0 Å². The van der Waals surface area contributed by atoms with Crippen LogP contribution in [-0.2, 0) is 19.2 Å². The van der Waals surface area contributed by atoms with E-state index in [1.54, 1.807) is 36.3 Å². The van der Waals surface area contributed by atoms with E-state index in [0.717, 1.165) is 4.90 Å². The summed E-state index contributed by atoms with van der Waals surface area (Å²) in [7, 11) is 0. The summed E-state index contributed by atoms with van der Waals surface area (Å²) < 4.78 is 10.6. The van der Waals surface area contributed by atoms with E-state index in [4.69, 9.17) is 14.0 Å². The molecule has 2 fully saturated rings. The third kappa shape index (κ3) is 3.16. The maximum atomic E-state index is 13.5. The number of para-hydroxylation sites is 1. The number of hydroxylamine groups is 1. The monoisotopic (exact) mass is 432 g/mol. The second kappa shape index (κ2) is 7.97. The SMILES string of the molecule is CCOC(=O)c1ccc(N2C(=O)[C@H]3[C@@H](c4ccco4)N(c4ccccc4)O[C@H]3C2=O)cc1. The number of hydrogen-bond acceptors (Lipinski definition) is 7. The van der Waals surface area contributed by atoms with E-state index in [2.05, 4.69) is 0 Å². The normalized spacial score (nSPS) is 22.3. The van der Waals surface area contributed by atoms with E-state index >= 15 is 0 Å². The zero-order valence-corrected chi connectivity index (χ0v) is 17.2. The standard InChI is InChI=1S/C24H20N2O6/c1-2-30-24(29)15-10-12-16(13-11-15)25-22(27)19-20(18-9-6-14-31-18)26(32-21(19)23(25)28)17-7-4-3-5-8-17/h3-14,19-21H,2H2,1H3/t19-,20+,21+/m0/s1. The van der Waals surface area contributed by atoms with E-state index in [9.17, 15) is 14.4 Å². The first kappa shape index (κ1) is 20.0. The van der Waals surface area contributed by atoms with Crippen molar-refractivity contribution in [1.82, 2.24) is 0 Å². The van der Waals surface area contributed by atoms with Crippen LogP contribution in [0, 0.1) is 5.92 Å². The van der Waals surface area contributed by atoms with Gasteiger partial charge in [0.05, 0.1) is 29.8 Å². The molecule has 5 rings (SSSR count). The molecular formula is C24H20N2O6. The largest absolute Gasteiger partial charge is 0.467 e. The number of carbonyl (C=O) groups is 3. The maximum Gasteiger partial charge on any atom is 0.338 e. The number of ether oxygens (including phenoxy) is 1. The Morgan fingerprint density at radius 1 is 0.938 bits per heavy atom. The first-order valence-electron chi connectivity index (χ1n) is 10.3. The van der Waals surface area contributed by atoms with Crippen LogP contribution in [0.4, 0.5) is 11.4 Å². The van der Waals surface area contributed by atoms with E-state index in [-0.39, 0.29) is 12.5 Å². The fourth-order valence-electron chi connectivity index (χ4n) is 4.18. The number of nitrogens with zero attached hydrogens (tertiary/aromatic N) is 2. The van der Waals surface area contributed by atoms with Crippen molar-refractivity contribution in [2.75, 3.05) is 16.6 Å². The van der Waals surface area contributed by atoms with Crippen molar-refractivity contribution in [3.05, 3.63) is 84.3 Å². The predicted octanol–water partition coefficient (Wildman–Crippen LogP) is 3.51. The second-order valence-electron chi connectivity index (χ2n) is 7.45. The first-order valence-corrected chi connectivity index (χ1v) is 10.3. The molecule has 3 aromatic rings. The van der Waals surface area contributed by atoms with Crippen LogP contribution in [0.2, 0.25) is 0 Å². The highest BCUT2D eigenvalue weighted by Gasteiger charge is 2.61. The van der Waals surface area contributed by atoms with Crippen molar-refractivity contribution in [2.24, 2.45) is 5.92 Å². The molecule has 32 heavy (non-hydrogen) atoms. The number of hydrogen-bond donors (Lipinski definition) is 0. The average Bonchev–Trinajstić information content (AvgIpc) is 3.52. The lowest BCUT2D eigenvalue weighted by atomic mass is 9.94. The summed E-state index contributed by atoms with van der Waals surface area (Å²) in [5.74, 6) is -1.56. The summed E-state index contributed by atoms with van der Waals surface area (Å²) in [5.41, 5.74) is 1.43. The van der Waals surface area contributed by atoms with Crippen LogP contribution in [-0.4, -0.2) is 30.5 Å². The van der Waals surface area contributed by atoms with Crippen molar-refractivity contribution in [1.29, 1.82) is 0 Å². The van der Waals surface area contributed by atoms with E-state index < -0.39 is 29.9 Å². The van der Waals surface area contributed by atoms with Gasteiger partial charge in [0.2, 0.25) is 5.91 Å². The van der Waals surface area contributed by atoms with Gasteiger partial charge in [0.25, 0.3) is 5.91 Å². The van der Waals surface area contributed by atoms with Gasteiger partial charge in [-0.15, -0.1) is 0 Å². The topological polar surface area (TPSA) is 89.3 Å². The summed E-state index contributed by atoms with van der Waals surface area (Å²) in [6.45, 7) is 1.98. The highest BCUT2D eigenvalue weighted by molar-refractivity contribution is 6.24. The van der Waals surface area contributed by atoms with Crippen LogP contribution in [0.1, 0.15) is 29.1 Å². The minimum absolute atomic E-state index is 0.260. The van der Waals surface area contributed by atoms with Gasteiger partial charge in [-0.3, -0.25) is 14.4 Å². The van der Waals surface area contributed by atoms with Crippen molar-refractivity contribution in [3.8, 4) is 0 Å². The number of amides is 2. The average molecular weight is 432 g/mol. The molecule has 0 radical (unpaired) electrons. The van der Waals surface area contributed by atoms with Crippen molar-refractivity contribution in [2.45, 2.75) is 19.1 Å². The maximum absolute atomic E-state index is 13.5. The summed E-state index contributed by atoms with van der Waals surface area (Å²) >= 11 is 0. The Hall–Kier alpha value is -3.91. The van der Waals surface area contributed by atoms with Crippen LogP contribution in [0.25, 0.3) is 0 Å². The number of imide groups is 1. The molecule has 8 nitrogen and oxygen atoms in total. The number of furan rings is 1. The Bertz CT molecular complexity index is 1140. The molecular weight excluding hydrogens is 412 g/mol. The van der Waals surface area contributed by atoms with Gasteiger partial charge in [0, 0.05) is 0 Å².